The SMILES string of the molecule is COCC(=O)NCC1(CO)CC1. The monoisotopic (exact) mass is 173 g/mol. The molecule has 0 aromatic heterocycles. The van der Waals surface area contributed by atoms with Gasteiger partial charge in [-0.15, -0.1) is 0 Å². The van der Waals surface area contributed by atoms with Gasteiger partial charge in [-0.3, -0.25) is 4.79 Å². The van der Waals surface area contributed by atoms with Gasteiger partial charge in [-0.2, -0.15) is 0 Å². The van der Waals surface area contributed by atoms with E-state index in [1.165, 1.54) is 7.11 Å². The molecule has 4 nitrogen and oxygen atoms in total. The lowest BCUT2D eigenvalue weighted by atomic mass is 10.1. The van der Waals surface area contributed by atoms with Crippen molar-refractivity contribution in [2.24, 2.45) is 5.41 Å². The van der Waals surface area contributed by atoms with Crippen LogP contribution in [0.1, 0.15) is 12.8 Å². The number of carbonyl (C=O) groups excluding carboxylic acids is 1. The number of aliphatic hydroxyl groups excluding tert-OH is 1. The third-order valence-electron chi connectivity index (χ3n) is 2.23. The lowest BCUT2D eigenvalue weighted by molar-refractivity contribution is -0.125. The highest BCUT2D eigenvalue weighted by Crippen LogP contribution is 2.44. The molecule has 1 rings (SSSR count). The van der Waals surface area contributed by atoms with Crippen LogP contribution in [0.25, 0.3) is 0 Å². The van der Waals surface area contributed by atoms with Crippen LogP contribution in [-0.4, -0.2) is 37.9 Å². The quantitative estimate of drug-likeness (QED) is 0.590. The van der Waals surface area contributed by atoms with Crippen molar-refractivity contribution in [3.05, 3.63) is 0 Å². The largest absolute Gasteiger partial charge is 0.396 e. The summed E-state index contributed by atoms with van der Waals surface area (Å²) in [6, 6.07) is 0. The van der Waals surface area contributed by atoms with Gasteiger partial charge in [0.2, 0.25) is 5.91 Å². The Morgan fingerprint density at radius 2 is 2.33 bits per heavy atom. The molecular formula is C8H15NO3. The van der Waals surface area contributed by atoms with Crippen molar-refractivity contribution in [1.29, 1.82) is 0 Å². The summed E-state index contributed by atoms with van der Waals surface area (Å²) in [5.74, 6) is -0.114. The number of carbonyl (C=O) groups is 1. The number of nitrogens with one attached hydrogen (secondary N) is 1. The normalized spacial score (nSPS) is 18.8. The van der Waals surface area contributed by atoms with Gasteiger partial charge in [-0.1, -0.05) is 0 Å². The Hall–Kier alpha value is -0.610. The molecule has 1 aliphatic carbocycles. The van der Waals surface area contributed by atoms with Crippen LogP contribution < -0.4 is 5.32 Å². The molecule has 1 fully saturated rings. The summed E-state index contributed by atoms with van der Waals surface area (Å²) >= 11 is 0. The van der Waals surface area contributed by atoms with E-state index < -0.39 is 0 Å². The maximum Gasteiger partial charge on any atom is 0.246 e. The molecule has 2 N–H and O–H groups in total. The minimum atomic E-state index is -0.114. The number of ether oxygens (including phenoxy) is 1. The van der Waals surface area contributed by atoms with Gasteiger partial charge < -0.3 is 15.2 Å². The summed E-state index contributed by atoms with van der Waals surface area (Å²) in [6.07, 6.45) is 2.02. The van der Waals surface area contributed by atoms with Crippen molar-refractivity contribution in [2.45, 2.75) is 12.8 Å². The second-order valence-electron chi connectivity index (χ2n) is 3.37. The Morgan fingerprint density at radius 1 is 1.67 bits per heavy atom. The average molecular weight is 173 g/mol. The molecule has 0 unspecified atom stereocenters. The molecule has 0 spiro atoms. The second-order valence-corrected chi connectivity index (χ2v) is 3.37. The molecule has 0 aromatic carbocycles. The average Bonchev–Trinajstić information content (AvgIpc) is 2.82. The first kappa shape index (κ1) is 9.48. The minimum Gasteiger partial charge on any atom is -0.396 e. The topological polar surface area (TPSA) is 58.6 Å². The lowest BCUT2D eigenvalue weighted by Crippen LogP contribution is -2.34. The van der Waals surface area contributed by atoms with Crippen molar-refractivity contribution in [2.75, 3.05) is 26.9 Å². The zero-order valence-electron chi connectivity index (χ0n) is 7.30. The summed E-state index contributed by atoms with van der Waals surface area (Å²) in [7, 11) is 1.48. The predicted molar refractivity (Wildman–Crippen MR) is 43.6 cm³/mol. The van der Waals surface area contributed by atoms with Gasteiger partial charge in [0, 0.05) is 19.1 Å². The molecule has 1 saturated carbocycles. The van der Waals surface area contributed by atoms with Crippen LogP contribution in [0.5, 0.6) is 0 Å². The highest BCUT2D eigenvalue weighted by molar-refractivity contribution is 5.77. The summed E-state index contributed by atoms with van der Waals surface area (Å²) in [4.78, 5) is 10.9. The number of rotatable bonds is 5. The molecule has 0 saturated heterocycles. The molecule has 12 heavy (non-hydrogen) atoms. The van der Waals surface area contributed by atoms with Gasteiger partial charge in [0.15, 0.2) is 0 Å². The van der Waals surface area contributed by atoms with E-state index in [2.05, 4.69) is 10.1 Å². The van der Waals surface area contributed by atoms with Crippen LogP contribution in [0.15, 0.2) is 0 Å². The molecule has 0 bridgehead atoms. The molecule has 1 aliphatic rings. The number of aliphatic hydroxyl groups is 1. The highest BCUT2D eigenvalue weighted by atomic mass is 16.5. The van der Waals surface area contributed by atoms with Crippen molar-refractivity contribution >= 4 is 5.91 Å². The molecule has 0 radical (unpaired) electrons. The fourth-order valence-electron chi connectivity index (χ4n) is 1.04. The standard InChI is InChI=1S/C8H15NO3/c1-12-4-7(11)9-5-8(6-10)2-3-8/h10H,2-6H2,1H3,(H,9,11). The molecule has 4 heteroatoms. The highest BCUT2D eigenvalue weighted by Gasteiger charge is 2.41. The van der Waals surface area contributed by atoms with Crippen LogP contribution in [0.4, 0.5) is 0 Å². The molecule has 70 valence electrons. The molecule has 1 amide bonds. The van der Waals surface area contributed by atoms with Crippen LogP contribution in [0.3, 0.4) is 0 Å². The number of amides is 1. The summed E-state index contributed by atoms with van der Waals surface area (Å²) in [6.45, 7) is 0.841. The smallest absolute Gasteiger partial charge is 0.246 e. The maximum absolute atomic E-state index is 10.9. The van der Waals surface area contributed by atoms with E-state index in [0.717, 1.165) is 12.8 Å². The maximum atomic E-state index is 10.9. The van der Waals surface area contributed by atoms with E-state index >= 15 is 0 Å². The Morgan fingerprint density at radius 3 is 2.75 bits per heavy atom. The van der Waals surface area contributed by atoms with Crippen LogP contribution in [0, 0.1) is 5.41 Å². The van der Waals surface area contributed by atoms with Crippen LogP contribution >= 0.6 is 0 Å². The van der Waals surface area contributed by atoms with Crippen LogP contribution in [-0.2, 0) is 9.53 Å². The lowest BCUT2D eigenvalue weighted by Gasteiger charge is -2.11. The van der Waals surface area contributed by atoms with Crippen molar-refractivity contribution in [1.82, 2.24) is 5.32 Å². The number of hydrogen-bond donors (Lipinski definition) is 2. The molecule has 0 atom stereocenters. The van der Waals surface area contributed by atoms with Crippen molar-refractivity contribution in [3.63, 3.8) is 0 Å². The Bertz CT molecular complexity index is 166. The van der Waals surface area contributed by atoms with Gasteiger partial charge in [-0.25, -0.2) is 0 Å². The fourth-order valence-corrected chi connectivity index (χ4v) is 1.04. The zero-order valence-corrected chi connectivity index (χ0v) is 7.30. The number of methoxy groups -OCH3 is 1. The summed E-state index contributed by atoms with van der Waals surface area (Å²) in [5.41, 5.74) is -0.0105. The van der Waals surface area contributed by atoms with E-state index in [1.54, 1.807) is 0 Å². The molecule has 0 heterocycles. The predicted octanol–water partition coefficient (Wildman–Crippen LogP) is -0.479. The summed E-state index contributed by atoms with van der Waals surface area (Å²) in [5, 5.41) is 11.6. The Balaban J connectivity index is 2.12. The minimum absolute atomic E-state index is 0.0105. The van der Waals surface area contributed by atoms with E-state index in [1.807, 2.05) is 0 Å². The van der Waals surface area contributed by atoms with Crippen molar-refractivity contribution in [3.8, 4) is 0 Å². The summed E-state index contributed by atoms with van der Waals surface area (Å²) < 4.78 is 4.65. The van der Waals surface area contributed by atoms with Gasteiger partial charge in [0.25, 0.3) is 0 Å². The van der Waals surface area contributed by atoms with E-state index in [9.17, 15) is 4.79 Å². The van der Waals surface area contributed by atoms with E-state index in [0.29, 0.717) is 6.54 Å². The van der Waals surface area contributed by atoms with Gasteiger partial charge in [0.05, 0.1) is 6.61 Å². The Labute approximate surface area is 71.9 Å². The third kappa shape index (κ3) is 2.46. The first-order valence-electron chi connectivity index (χ1n) is 4.09. The molecular weight excluding hydrogens is 158 g/mol. The molecule has 0 aliphatic heterocycles. The van der Waals surface area contributed by atoms with E-state index in [-0.39, 0.29) is 24.5 Å². The van der Waals surface area contributed by atoms with Crippen molar-refractivity contribution < 1.29 is 14.6 Å². The molecule has 0 aromatic rings. The van der Waals surface area contributed by atoms with Gasteiger partial charge >= 0.3 is 0 Å². The van der Waals surface area contributed by atoms with Crippen LogP contribution in [0.2, 0.25) is 0 Å². The third-order valence-corrected chi connectivity index (χ3v) is 2.23. The van der Waals surface area contributed by atoms with E-state index in [4.69, 9.17) is 5.11 Å². The second kappa shape index (κ2) is 3.87. The number of hydrogen-bond acceptors (Lipinski definition) is 3. The Kier molecular flexibility index (Phi) is 3.05. The van der Waals surface area contributed by atoms with Gasteiger partial charge in [-0.05, 0) is 12.8 Å². The van der Waals surface area contributed by atoms with Gasteiger partial charge in [0.1, 0.15) is 6.61 Å². The first-order valence-corrected chi connectivity index (χ1v) is 4.09. The zero-order chi connectivity index (χ0) is 9.03. The first-order chi connectivity index (χ1) is 5.72. The fraction of sp³-hybridized carbons (Fsp3) is 0.875.